The highest BCUT2D eigenvalue weighted by Gasteiger charge is 1.97. The number of aryl methyl sites for hydroxylation is 1. The number of hydrogen-bond acceptors (Lipinski definition) is 3. The largest absolute Gasteiger partial charge is 0.755 e. The highest BCUT2D eigenvalue weighted by Crippen LogP contribution is 2.14. The molecule has 0 aliphatic heterocycles. The van der Waals surface area contributed by atoms with Gasteiger partial charge in [-0.1, -0.05) is 12.1 Å². The molecule has 0 aliphatic carbocycles. The van der Waals surface area contributed by atoms with Crippen LogP contribution in [-0.2, 0) is 17.7 Å². The van der Waals surface area contributed by atoms with Crippen LogP contribution in [0.3, 0.4) is 0 Å². The molecular weight excluding hydrogens is 291 g/mol. The van der Waals surface area contributed by atoms with Gasteiger partial charge in [-0.25, -0.2) is 4.39 Å². The Labute approximate surface area is 125 Å². The standard InChI is InChI=1S/C15H17FN2O2S/c16-13-5-1-3-12(11-13)4-2-10-17-14-6-8-15(9-7-14)18-21(19)20/h1,3,5-9,11,17-18H,2,4,10H2,(H,19,20)/p-1. The topological polar surface area (TPSA) is 64.2 Å². The lowest BCUT2D eigenvalue weighted by Gasteiger charge is -2.10. The fourth-order valence-electron chi connectivity index (χ4n) is 1.97. The molecule has 0 bridgehead atoms. The summed E-state index contributed by atoms with van der Waals surface area (Å²) in [5.41, 5.74) is 2.42. The number of halogens is 1. The number of hydrogen-bond donors (Lipinski definition) is 2. The second-order valence-electron chi connectivity index (χ2n) is 4.57. The van der Waals surface area contributed by atoms with Gasteiger partial charge < -0.3 is 14.6 Å². The number of anilines is 2. The van der Waals surface area contributed by atoms with E-state index in [1.807, 2.05) is 6.07 Å². The van der Waals surface area contributed by atoms with E-state index in [1.165, 1.54) is 6.07 Å². The highest BCUT2D eigenvalue weighted by atomic mass is 32.2. The van der Waals surface area contributed by atoms with Gasteiger partial charge in [0.1, 0.15) is 5.82 Å². The molecule has 6 heteroatoms. The molecule has 1 atom stereocenters. The van der Waals surface area contributed by atoms with Crippen molar-refractivity contribution in [2.75, 3.05) is 16.6 Å². The van der Waals surface area contributed by atoms with Crippen molar-refractivity contribution in [2.45, 2.75) is 12.8 Å². The van der Waals surface area contributed by atoms with E-state index in [-0.39, 0.29) is 5.82 Å². The van der Waals surface area contributed by atoms with Crippen molar-refractivity contribution in [3.05, 3.63) is 59.9 Å². The molecule has 0 saturated heterocycles. The van der Waals surface area contributed by atoms with Gasteiger partial charge in [-0.15, -0.1) is 0 Å². The quantitative estimate of drug-likeness (QED) is 0.610. The van der Waals surface area contributed by atoms with Crippen molar-refractivity contribution < 1.29 is 13.2 Å². The molecule has 0 radical (unpaired) electrons. The first kappa shape index (κ1) is 15.5. The van der Waals surface area contributed by atoms with E-state index >= 15 is 0 Å². The fraction of sp³-hybridized carbons (Fsp3) is 0.200. The average Bonchev–Trinajstić information content (AvgIpc) is 2.45. The first-order chi connectivity index (χ1) is 10.1. The van der Waals surface area contributed by atoms with Crippen molar-refractivity contribution in [3.63, 3.8) is 0 Å². The van der Waals surface area contributed by atoms with Crippen LogP contribution in [0.25, 0.3) is 0 Å². The molecule has 0 heterocycles. The lowest BCUT2D eigenvalue weighted by atomic mass is 10.1. The van der Waals surface area contributed by atoms with Crippen molar-refractivity contribution in [2.24, 2.45) is 0 Å². The van der Waals surface area contributed by atoms with Crippen LogP contribution in [0.2, 0.25) is 0 Å². The highest BCUT2D eigenvalue weighted by molar-refractivity contribution is 7.80. The van der Waals surface area contributed by atoms with Gasteiger partial charge in [0.05, 0.1) is 0 Å². The summed E-state index contributed by atoms with van der Waals surface area (Å²) in [4.78, 5) is 0. The summed E-state index contributed by atoms with van der Waals surface area (Å²) >= 11 is -2.30. The number of nitrogens with one attached hydrogen (secondary N) is 2. The van der Waals surface area contributed by atoms with Gasteiger partial charge in [0, 0.05) is 29.2 Å². The van der Waals surface area contributed by atoms with Crippen LogP contribution in [0.4, 0.5) is 15.8 Å². The molecule has 112 valence electrons. The maximum absolute atomic E-state index is 13.0. The van der Waals surface area contributed by atoms with Crippen molar-refractivity contribution in [3.8, 4) is 0 Å². The third kappa shape index (κ3) is 5.53. The smallest absolute Gasteiger partial charge is 0.123 e. The van der Waals surface area contributed by atoms with Gasteiger partial charge in [0.25, 0.3) is 0 Å². The zero-order valence-corrected chi connectivity index (χ0v) is 12.2. The Balaban J connectivity index is 1.74. The third-order valence-corrected chi connectivity index (χ3v) is 3.35. The van der Waals surface area contributed by atoms with Gasteiger partial charge in [-0.05, 0) is 54.8 Å². The Bertz CT molecular complexity index is 605. The number of benzene rings is 2. The van der Waals surface area contributed by atoms with Crippen LogP contribution < -0.4 is 10.0 Å². The monoisotopic (exact) mass is 307 g/mol. The van der Waals surface area contributed by atoms with Crippen LogP contribution in [0, 0.1) is 5.82 Å². The molecule has 2 N–H and O–H groups in total. The minimum absolute atomic E-state index is 0.209. The zero-order chi connectivity index (χ0) is 15.1. The molecule has 0 fully saturated rings. The Morgan fingerprint density at radius 2 is 1.81 bits per heavy atom. The first-order valence-electron chi connectivity index (χ1n) is 6.58. The van der Waals surface area contributed by atoms with E-state index in [9.17, 15) is 13.2 Å². The van der Waals surface area contributed by atoms with Crippen molar-refractivity contribution >= 4 is 22.6 Å². The molecule has 4 nitrogen and oxygen atoms in total. The van der Waals surface area contributed by atoms with E-state index in [0.717, 1.165) is 30.6 Å². The molecule has 2 aromatic rings. The van der Waals surface area contributed by atoms with Gasteiger partial charge in [-0.2, -0.15) is 0 Å². The summed E-state index contributed by atoms with van der Waals surface area (Å²) in [7, 11) is 0. The Morgan fingerprint density at radius 1 is 1.10 bits per heavy atom. The van der Waals surface area contributed by atoms with Crippen LogP contribution in [-0.4, -0.2) is 15.3 Å². The van der Waals surface area contributed by atoms with Crippen LogP contribution in [0.5, 0.6) is 0 Å². The molecule has 0 saturated carbocycles. The van der Waals surface area contributed by atoms with E-state index in [2.05, 4.69) is 10.0 Å². The maximum atomic E-state index is 13.0. The van der Waals surface area contributed by atoms with E-state index in [0.29, 0.717) is 5.69 Å². The van der Waals surface area contributed by atoms with Gasteiger partial charge in [0.15, 0.2) is 0 Å². The lowest BCUT2D eigenvalue weighted by Crippen LogP contribution is -2.04. The predicted molar refractivity (Wildman–Crippen MR) is 82.2 cm³/mol. The van der Waals surface area contributed by atoms with Crippen molar-refractivity contribution in [1.29, 1.82) is 0 Å². The summed E-state index contributed by atoms with van der Waals surface area (Å²) < 4.78 is 36.2. The van der Waals surface area contributed by atoms with Crippen LogP contribution in [0.15, 0.2) is 48.5 Å². The minimum atomic E-state index is -2.30. The normalized spacial score (nSPS) is 11.9. The molecular formula is C15H16FN2O2S-. The summed E-state index contributed by atoms with van der Waals surface area (Å²) in [6, 6.07) is 13.6. The Morgan fingerprint density at radius 3 is 2.48 bits per heavy atom. The van der Waals surface area contributed by atoms with Crippen molar-refractivity contribution in [1.82, 2.24) is 0 Å². The Kier molecular flexibility index (Phi) is 5.71. The summed E-state index contributed by atoms with van der Waals surface area (Å²) in [5, 5.41) is 3.23. The van der Waals surface area contributed by atoms with E-state index in [4.69, 9.17) is 0 Å². The van der Waals surface area contributed by atoms with Gasteiger partial charge in [0.2, 0.25) is 0 Å². The lowest BCUT2D eigenvalue weighted by molar-refractivity contribution is 0.542. The molecule has 1 unspecified atom stereocenters. The minimum Gasteiger partial charge on any atom is -0.755 e. The zero-order valence-electron chi connectivity index (χ0n) is 11.3. The second kappa shape index (κ2) is 7.75. The second-order valence-corrected chi connectivity index (χ2v) is 5.25. The van der Waals surface area contributed by atoms with E-state index < -0.39 is 11.3 Å². The predicted octanol–water partition coefficient (Wildman–Crippen LogP) is 3.08. The van der Waals surface area contributed by atoms with Crippen LogP contribution in [0.1, 0.15) is 12.0 Å². The summed E-state index contributed by atoms with van der Waals surface area (Å²) in [6.45, 7) is 0.761. The SMILES string of the molecule is O=S([O-])Nc1ccc(NCCCc2cccc(F)c2)cc1. The molecule has 21 heavy (non-hydrogen) atoms. The molecule has 2 aromatic carbocycles. The van der Waals surface area contributed by atoms with Gasteiger partial charge in [-0.3, -0.25) is 4.21 Å². The molecule has 0 aromatic heterocycles. The molecule has 0 amide bonds. The van der Waals surface area contributed by atoms with Gasteiger partial charge >= 0.3 is 0 Å². The summed E-state index contributed by atoms with van der Waals surface area (Å²) in [5.74, 6) is -0.209. The third-order valence-electron chi connectivity index (χ3n) is 2.95. The molecule has 0 aliphatic rings. The van der Waals surface area contributed by atoms with Crippen LogP contribution >= 0.6 is 0 Å². The first-order valence-corrected chi connectivity index (χ1v) is 7.65. The average molecular weight is 307 g/mol. The van der Waals surface area contributed by atoms with E-state index in [1.54, 1.807) is 36.4 Å². The number of rotatable bonds is 7. The maximum Gasteiger partial charge on any atom is 0.123 e. The Hall–Kier alpha value is -1.92. The molecule has 2 rings (SSSR count). The molecule has 0 spiro atoms. The fourth-order valence-corrected chi connectivity index (χ4v) is 2.30. The summed E-state index contributed by atoms with van der Waals surface area (Å²) in [6.07, 6.45) is 1.69.